The minimum absolute atomic E-state index is 0.155. The van der Waals surface area contributed by atoms with Gasteiger partial charge >= 0.3 is 5.69 Å². The molecule has 1 aromatic carbocycles. The lowest BCUT2D eigenvalue weighted by Crippen LogP contribution is -2.25. The van der Waals surface area contributed by atoms with Crippen LogP contribution in [-0.4, -0.2) is 39.3 Å². The maximum Gasteiger partial charge on any atom is 0.348 e. The van der Waals surface area contributed by atoms with Crippen molar-refractivity contribution in [2.75, 3.05) is 19.0 Å². The fourth-order valence-electron chi connectivity index (χ4n) is 4.56. The van der Waals surface area contributed by atoms with Crippen LogP contribution in [0, 0.1) is 0 Å². The van der Waals surface area contributed by atoms with Gasteiger partial charge in [-0.15, -0.1) is 0 Å². The van der Waals surface area contributed by atoms with Crippen molar-refractivity contribution in [2.24, 2.45) is 0 Å². The lowest BCUT2D eigenvalue weighted by molar-refractivity contribution is 0.100. The van der Waals surface area contributed by atoms with Crippen molar-refractivity contribution in [1.82, 2.24) is 19.5 Å². The number of hydrogen-bond donors (Lipinski definition) is 1. The molecule has 1 N–H and O–H groups in total. The first-order valence-electron chi connectivity index (χ1n) is 11.3. The van der Waals surface area contributed by atoms with Gasteiger partial charge in [-0.05, 0) is 49.6 Å². The van der Waals surface area contributed by atoms with Gasteiger partial charge < -0.3 is 18.9 Å². The van der Waals surface area contributed by atoms with Crippen molar-refractivity contribution in [1.29, 1.82) is 0 Å². The molecule has 9 heteroatoms. The van der Waals surface area contributed by atoms with E-state index in [0.29, 0.717) is 40.2 Å². The molecule has 1 fully saturated rings. The Kier molecular flexibility index (Phi) is 5.10. The molecule has 1 saturated heterocycles. The molecule has 34 heavy (non-hydrogen) atoms. The van der Waals surface area contributed by atoms with E-state index < -0.39 is 0 Å². The fourth-order valence-corrected chi connectivity index (χ4v) is 4.56. The summed E-state index contributed by atoms with van der Waals surface area (Å²) in [7, 11) is 1.80. The Labute approximate surface area is 194 Å². The zero-order chi connectivity index (χ0) is 23.1. The molecule has 1 atom stereocenters. The molecule has 0 aliphatic carbocycles. The molecule has 5 aromatic rings. The van der Waals surface area contributed by atoms with E-state index in [4.69, 9.17) is 13.6 Å². The van der Waals surface area contributed by atoms with Crippen LogP contribution in [0.2, 0.25) is 0 Å². The van der Waals surface area contributed by atoms with E-state index in [0.717, 1.165) is 42.6 Å². The van der Waals surface area contributed by atoms with Crippen LogP contribution in [0.3, 0.4) is 0 Å². The SMILES string of the molecule is CNc1ccc(-c2nc(=O)n(CCC3CCCO3)c3c2oc2ccc(-c4cnco4)cc23)cn1. The molecule has 1 aliphatic rings. The molecule has 5 heterocycles. The minimum Gasteiger partial charge on any atom is -0.452 e. The van der Waals surface area contributed by atoms with Crippen LogP contribution >= 0.6 is 0 Å². The average molecular weight is 457 g/mol. The summed E-state index contributed by atoms with van der Waals surface area (Å²) >= 11 is 0. The number of pyridine rings is 1. The van der Waals surface area contributed by atoms with Crippen LogP contribution in [0.5, 0.6) is 0 Å². The number of furan rings is 1. The largest absolute Gasteiger partial charge is 0.452 e. The van der Waals surface area contributed by atoms with Gasteiger partial charge in [-0.2, -0.15) is 4.98 Å². The molecule has 0 radical (unpaired) electrons. The van der Waals surface area contributed by atoms with Gasteiger partial charge in [0.15, 0.2) is 17.7 Å². The molecule has 1 unspecified atom stereocenters. The normalized spacial score (nSPS) is 16.0. The van der Waals surface area contributed by atoms with Crippen LogP contribution in [0.15, 0.2) is 62.7 Å². The Morgan fingerprint density at radius 1 is 1.18 bits per heavy atom. The van der Waals surface area contributed by atoms with E-state index in [1.807, 2.05) is 30.3 Å². The number of oxazole rings is 1. The topological polar surface area (TPSA) is 108 Å². The quantitative estimate of drug-likeness (QED) is 0.398. The number of hydrogen-bond acceptors (Lipinski definition) is 8. The summed E-state index contributed by atoms with van der Waals surface area (Å²) in [5.74, 6) is 1.37. The number of ether oxygens (including phenoxy) is 1. The van der Waals surface area contributed by atoms with Crippen LogP contribution in [0.4, 0.5) is 5.82 Å². The standard InChI is InChI=1S/C25H23N5O4/c1-26-21-7-5-16(12-28-21)22-24-23(30(25(31)29-22)9-8-17-3-2-10-32-17)18-11-15(4-6-19(18)34-24)20-13-27-14-33-20/h4-7,11-14,17H,2-3,8-10H2,1H3,(H,26,28). The number of nitrogens with one attached hydrogen (secondary N) is 1. The van der Waals surface area contributed by atoms with Crippen LogP contribution in [-0.2, 0) is 11.3 Å². The van der Waals surface area contributed by atoms with Crippen molar-refractivity contribution < 1.29 is 13.6 Å². The van der Waals surface area contributed by atoms with Crippen LogP contribution in [0.1, 0.15) is 19.3 Å². The summed E-state index contributed by atoms with van der Waals surface area (Å²) in [4.78, 5) is 26.1. The summed E-state index contributed by atoms with van der Waals surface area (Å²) in [5, 5.41) is 3.82. The van der Waals surface area contributed by atoms with Crippen molar-refractivity contribution in [3.63, 3.8) is 0 Å². The fraction of sp³-hybridized carbons (Fsp3) is 0.280. The van der Waals surface area contributed by atoms with Gasteiger partial charge in [0.05, 0.1) is 12.3 Å². The van der Waals surface area contributed by atoms with Crippen molar-refractivity contribution in [3.8, 4) is 22.6 Å². The highest BCUT2D eigenvalue weighted by molar-refractivity contribution is 6.07. The van der Waals surface area contributed by atoms with Crippen LogP contribution < -0.4 is 11.0 Å². The minimum atomic E-state index is -0.328. The molecule has 172 valence electrons. The van der Waals surface area contributed by atoms with Gasteiger partial charge in [-0.3, -0.25) is 4.57 Å². The summed E-state index contributed by atoms with van der Waals surface area (Å²) in [6, 6.07) is 9.49. The Morgan fingerprint density at radius 3 is 2.82 bits per heavy atom. The average Bonchev–Trinajstić information content (AvgIpc) is 3.64. The number of nitrogens with zero attached hydrogens (tertiary/aromatic N) is 4. The van der Waals surface area contributed by atoms with Crippen LogP contribution in [0.25, 0.3) is 44.7 Å². The Balaban J connectivity index is 1.56. The monoisotopic (exact) mass is 457 g/mol. The van der Waals surface area contributed by atoms with Crippen molar-refractivity contribution >= 4 is 27.9 Å². The number of benzene rings is 1. The second kappa shape index (κ2) is 8.42. The summed E-state index contributed by atoms with van der Waals surface area (Å²) in [6.07, 6.45) is 7.71. The molecule has 4 aromatic heterocycles. The van der Waals surface area contributed by atoms with Gasteiger partial charge in [-0.25, -0.2) is 14.8 Å². The van der Waals surface area contributed by atoms with Gasteiger partial charge in [0.2, 0.25) is 0 Å². The highest BCUT2D eigenvalue weighted by Crippen LogP contribution is 2.36. The smallest absolute Gasteiger partial charge is 0.348 e. The van der Waals surface area contributed by atoms with E-state index in [2.05, 4.69) is 20.3 Å². The van der Waals surface area contributed by atoms with Gasteiger partial charge in [0.1, 0.15) is 22.6 Å². The second-order valence-corrected chi connectivity index (χ2v) is 8.36. The highest BCUT2D eigenvalue weighted by Gasteiger charge is 2.22. The third-order valence-corrected chi connectivity index (χ3v) is 6.29. The lowest BCUT2D eigenvalue weighted by atomic mass is 10.1. The summed E-state index contributed by atoms with van der Waals surface area (Å²) < 4.78 is 19.3. The first-order chi connectivity index (χ1) is 16.7. The summed E-state index contributed by atoms with van der Waals surface area (Å²) in [5.41, 5.74) is 3.63. The third kappa shape index (κ3) is 3.54. The maximum atomic E-state index is 13.3. The molecule has 9 nitrogen and oxygen atoms in total. The van der Waals surface area contributed by atoms with E-state index in [1.54, 1.807) is 24.0 Å². The number of anilines is 1. The number of rotatable bonds is 6. The maximum absolute atomic E-state index is 13.3. The van der Waals surface area contributed by atoms with E-state index in [1.165, 1.54) is 6.39 Å². The highest BCUT2D eigenvalue weighted by atomic mass is 16.5. The second-order valence-electron chi connectivity index (χ2n) is 8.36. The Morgan fingerprint density at radius 2 is 2.09 bits per heavy atom. The van der Waals surface area contributed by atoms with Gasteiger partial charge in [0.25, 0.3) is 0 Å². The number of fused-ring (bicyclic) bond motifs is 3. The van der Waals surface area contributed by atoms with E-state index in [-0.39, 0.29) is 11.8 Å². The van der Waals surface area contributed by atoms with E-state index >= 15 is 0 Å². The molecule has 0 amide bonds. The van der Waals surface area contributed by atoms with E-state index in [9.17, 15) is 4.79 Å². The molecular weight excluding hydrogens is 434 g/mol. The predicted octanol–water partition coefficient (Wildman–Crippen LogP) is 4.47. The van der Waals surface area contributed by atoms with Crippen molar-refractivity contribution in [3.05, 3.63) is 59.6 Å². The first kappa shape index (κ1) is 20.6. The molecule has 0 saturated carbocycles. The molecule has 0 spiro atoms. The molecular formula is C25H23N5O4. The number of aromatic nitrogens is 4. The molecule has 0 bridgehead atoms. The van der Waals surface area contributed by atoms with Gasteiger partial charge in [0, 0.05) is 42.9 Å². The zero-order valence-corrected chi connectivity index (χ0v) is 18.7. The molecule has 6 rings (SSSR count). The van der Waals surface area contributed by atoms with Gasteiger partial charge in [-0.1, -0.05) is 0 Å². The predicted molar refractivity (Wildman–Crippen MR) is 128 cm³/mol. The number of aryl methyl sites for hydroxylation is 1. The van der Waals surface area contributed by atoms with Crippen molar-refractivity contribution in [2.45, 2.75) is 31.9 Å². The third-order valence-electron chi connectivity index (χ3n) is 6.29. The first-order valence-corrected chi connectivity index (χ1v) is 11.3. The Hall–Kier alpha value is -3.98. The zero-order valence-electron chi connectivity index (χ0n) is 18.7. The lowest BCUT2D eigenvalue weighted by Gasteiger charge is -2.13. The summed E-state index contributed by atoms with van der Waals surface area (Å²) in [6.45, 7) is 1.27. The Bertz CT molecular complexity index is 1510. The molecule has 1 aliphatic heterocycles.